The number of carbonyl (C=O) groups excluding carboxylic acids is 1. The van der Waals surface area contributed by atoms with Gasteiger partial charge in [0.1, 0.15) is 6.10 Å². The minimum atomic E-state index is -1.12. The van der Waals surface area contributed by atoms with Gasteiger partial charge in [0.05, 0.1) is 31.6 Å². The maximum Gasteiger partial charge on any atom is 0.335 e. The monoisotopic (exact) mass is 365 g/mol. The van der Waals surface area contributed by atoms with Gasteiger partial charge in [-0.1, -0.05) is 26.2 Å². The summed E-state index contributed by atoms with van der Waals surface area (Å²) in [5, 5.41) is 12.0. The summed E-state index contributed by atoms with van der Waals surface area (Å²) in [6, 6.07) is 2.71. The van der Waals surface area contributed by atoms with Crippen molar-refractivity contribution < 1.29 is 28.9 Å². The average molecular weight is 365 g/mol. The van der Waals surface area contributed by atoms with Crippen molar-refractivity contribution in [1.29, 1.82) is 0 Å². The molecule has 2 rings (SSSR count). The summed E-state index contributed by atoms with van der Waals surface area (Å²) >= 11 is 0. The second-order valence-electron chi connectivity index (χ2n) is 6.35. The smallest absolute Gasteiger partial charge is 0.335 e. The van der Waals surface area contributed by atoms with Crippen molar-refractivity contribution in [3.63, 3.8) is 0 Å². The van der Waals surface area contributed by atoms with E-state index in [4.69, 9.17) is 14.2 Å². The van der Waals surface area contributed by atoms with Crippen molar-refractivity contribution in [3.8, 4) is 11.5 Å². The molecule has 0 saturated heterocycles. The molecule has 7 heteroatoms. The first kappa shape index (κ1) is 20.0. The van der Waals surface area contributed by atoms with Gasteiger partial charge in [-0.25, -0.2) is 4.79 Å². The van der Waals surface area contributed by atoms with Gasteiger partial charge in [0.2, 0.25) is 0 Å². The molecule has 0 bridgehead atoms. The van der Waals surface area contributed by atoms with Gasteiger partial charge in [-0.2, -0.15) is 0 Å². The third-order valence-corrected chi connectivity index (χ3v) is 4.56. The number of anilines is 1. The van der Waals surface area contributed by atoms with Crippen LogP contribution < -0.4 is 14.8 Å². The molecule has 26 heavy (non-hydrogen) atoms. The molecule has 1 aromatic carbocycles. The van der Waals surface area contributed by atoms with E-state index < -0.39 is 12.1 Å². The van der Waals surface area contributed by atoms with E-state index in [1.54, 1.807) is 0 Å². The number of carboxylic acids is 1. The number of hydrogen-bond donors (Lipinski definition) is 2. The lowest BCUT2D eigenvalue weighted by atomic mass is 9.97. The molecule has 0 spiro atoms. The van der Waals surface area contributed by atoms with Gasteiger partial charge in [-0.05, 0) is 31.4 Å². The molecule has 1 fully saturated rings. The number of benzene rings is 1. The number of nitrogens with one attached hydrogen (secondary N) is 1. The highest BCUT2D eigenvalue weighted by Gasteiger charge is 2.25. The highest BCUT2D eigenvalue weighted by molar-refractivity contribution is 5.98. The summed E-state index contributed by atoms with van der Waals surface area (Å²) in [5.74, 6) is -0.921. The van der Waals surface area contributed by atoms with Crippen molar-refractivity contribution >= 4 is 17.6 Å². The summed E-state index contributed by atoms with van der Waals surface area (Å²) in [6.07, 6.45) is 5.42. The number of hydrogen-bond acceptors (Lipinski definition) is 5. The first-order valence-electron chi connectivity index (χ1n) is 8.95. The lowest BCUT2D eigenvalue weighted by Crippen LogP contribution is -2.34. The number of carboxylic acid groups (broad SMARTS) is 1. The zero-order valence-corrected chi connectivity index (χ0v) is 15.5. The molecule has 1 aliphatic carbocycles. The van der Waals surface area contributed by atoms with E-state index in [1.165, 1.54) is 32.8 Å². The van der Waals surface area contributed by atoms with Crippen LogP contribution in [0.25, 0.3) is 0 Å². The molecule has 1 atom stereocenters. The third-order valence-electron chi connectivity index (χ3n) is 4.56. The summed E-state index contributed by atoms with van der Waals surface area (Å²) in [7, 11) is 2.85. The topological polar surface area (TPSA) is 94.1 Å². The molecule has 1 aromatic rings. The molecule has 0 heterocycles. The van der Waals surface area contributed by atoms with Gasteiger partial charge in [0.15, 0.2) is 11.5 Å². The van der Waals surface area contributed by atoms with Crippen molar-refractivity contribution in [2.45, 2.75) is 57.7 Å². The van der Waals surface area contributed by atoms with Crippen LogP contribution in [0.3, 0.4) is 0 Å². The molecule has 1 amide bonds. The Kier molecular flexibility index (Phi) is 7.26. The number of aromatic carboxylic acids is 1. The Morgan fingerprint density at radius 2 is 1.88 bits per heavy atom. The van der Waals surface area contributed by atoms with Gasteiger partial charge in [-0.3, -0.25) is 4.79 Å². The first-order valence-corrected chi connectivity index (χ1v) is 8.95. The Hall–Kier alpha value is -2.28. The van der Waals surface area contributed by atoms with Crippen LogP contribution >= 0.6 is 0 Å². The highest BCUT2D eigenvalue weighted by atomic mass is 16.5. The summed E-state index contributed by atoms with van der Waals surface area (Å²) in [4.78, 5) is 24.0. The van der Waals surface area contributed by atoms with Gasteiger partial charge in [-0.15, -0.1) is 0 Å². The van der Waals surface area contributed by atoms with Crippen molar-refractivity contribution in [2.24, 2.45) is 0 Å². The molecule has 1 unspecified atom stereocenters. The maximum absolute atomic E-state index is 12.7. The fraction of sp³-hybridized carbons (Fsp3) is 0.579. The number of carbonyl (C=O) groups is 2. The Morgan fingerprint density at radius 1 is 1.19 bits per heavy atom. The summed E-state index contributed by atoms with van der Waals surface area (Å²) < 4.78 is 16.5. The summed E-state index contributed by atoms with van der Waals surface area (Å²) in [5.41, 5.74) is 0.249. The average Bonchev–Trinajstić information content (AvgIpc) is 2.65. The van der Waals surface area contributed by atoms with Crippen molar-refractivity contribution in [2.75, 3.05) is 19.5 Å². The molecule has 2 N–H and O–H groups in total. The lowest BCUT2D eigenvalue weighted by Gasteiger charge is -2.26. The predicted octanol–water partition coefficient (Wildman–Crippen LogP) is 3.47. The Bertz CT molecular complexity index is 639. The van der Waals surface area contributed by atoms with Gasteiger partial charge < -0.3 is 24.6 Å². The van der Waals surface area contributed by atoms with Gasteiger partial charge in [0.25, 0.3) is 5.91 Å². The molecule has 0 aromatic heterocycles. The van der Waals surface area contributed by atoms with Crippen LogP contribution in [0.1, 0.15) is 55.8 Å². The van der Waals surface area contributed by atoms with Crippen LogP contribution in [-0.2, 0) is 9.53 Å². The molecular formula is C19H27NO6. The van der Waals surface area contributed by atoms with Gasteiger partial charge in [0, 0.05) is 0 Å². The molecule has 0 aliphatic heterocycles. The van der Waals surface area contributed by atoms with Crippen LogP contribution in [0.5, 0.6) is 11.5 Å². The Balaban J connectivity index is 2.19. The largest absolute Gasteiger partial charge is 0.493 e. The van der Waals surface area contributed by atoms with Crippen molar-refractivity contribution in [1.82, 2.24) is 0 Å². The molecular weight excluding hydrogens is 338 g/mol. The third kappa shape index (κ3) is 4.88. The van der Waals surface area contributed by atoms with E-state index >= 15 is 0 Å². The van der Waals surface area contributed by atoms with E-state index in [0.717, 1.165) is 25.7 Å². The maximum atomic E-state index is 12.7. The number of ether oxygens (including phenoxy) is 3. The summed E-state index contributed by atoms with van der Waals surface area (Å²) in [6.45, 7) is 1.89. The zero-order chi connectivity index (χ0) is 19.1. The van der Waals surface area contributed by atoms with E-state index in [1.807, 2.05) is 6.92 Å². The quantitative estimate of drug-likeness (QED) is 0.733. The SMILES string of the molecule is CCC(OC1CCCCC1)C(=O)Nc1cc(C(=O)O)cc(OC)c1OC. The van der Waals surface area contributed by atoms with Crippen LogP contribution in [0.2, 0.25) is 0 Å². The fourth-order valence-corrected chi connectivity index (χ4v) is 3.17. The Labute approximate surface area is 153 Å². The molecule has 1 aliphatic rings. The van der Waals surface area contributed by atoms with Crippen LogP contribution in [0, 0.1) is 0 Å². The highest BCUT2D eigenvalue weighted by Crippen LogP contribution is 2.37. The standard InChI is InChI=1S/C19H27NO6/c1-4-15(26-13-8-6-5-7-9-13)18(21)20-14-10-12(19(22)23)11-16(24-2)17(14)25-3/h10-11,13,15H,4-9H2,1-3H3,(H,20,21)(H,22,23). The number of amides is 1. The zero-order valence-electron chi connectivity index (χ0n) is 15.5. The van der Waals surface area contributed by atoms with Gasteiger partial charge >= 0.3 is 5.97 Å². The number of methoxy groups -OCH3 is 2. The van der Waals surface area contributed by atoms with E-state index in [0.29, 0.717) is 6.42 Å². The molecule has 7 nitrogen and oxygen atoms in total. The minimum Gasteiger partial charge on any atom is -0.493 e. The Morgan fingerprint density at radius 3 is 2.42 bits per heavy atom. The van der Waals surface area contributed by atoms with Crippen LogP contribution in [-0.4, -0.2) is 43.4 Å². The fourth-order valence-electron chi connectivity index (χ4n) is 3.17. The molecule has 1 saturated carbocycles. The second kappa shape index (κ2) is 9.43. The van der Waals surface area contributed by atoms with E-state index in [-0.39, 0.29) is 34.8 Å². The van der Waals surface area contributed by atoms with Crippen LogP contribution in [0.4, 0.5) is 5.69 Å². The van der Waals surface area contributed by atoms with E-state index in [2.05, 4.69) is 5.32 Å². The lowest BCUT2D eigenvalue weighted by molar-refractivity contribution is -0.132. The number of rotatable bonds is 8. The minimum absolute atomic E-state index is 0.000743. The normalized spacial score (nSPS) is 16.0. The predicted molar refractivity (Wildman–Crippen MR) is 97.2 cm³/mol. The first-order chi connectivity index (χ1) is 12.5. The molecule has 144 valence electrons. The van der Waals surface area contributed by atoms with Crippen molar-refractivity contribution in [3.05, 3.63) is 17.7 Å². The van der Waals surface area contributed by atoms with E-state index in [9.17, 15) is 14.7 Å². The molecule has 0 radical (unpaired) electrons. The van der Waals surface area contributed by atoms with Crippen LogP contribution in [0.15, 0.2) is 12.1 Å². The second-order valence-corrected chi connectivity index (χ2v) is 6.35.